The fraction of sp³-hybridized carbons (Fsp3) is 0.321. The summed E-state index contributed by atoms with van der Waals surface area (Å²) in [6, 6.07) is 11.4. The Morgan fingerprint density at radius 3 is 2.69 bits per heavy atom. The minimum atomic E-state index is -4.45. The molecule has 2 fully saturated rings. The summed E-state index contributed by atoms with van der Waals surface area (Å²) in [7, 11) is 2.05. The van der Waals surface area contributed by atoms with Crippen molar-refractivity contribution in [3.8, 4) is 17.2 Å². The molecule has 3 N–H and O–H groups in total. The summed E-state index contributed by atoms with van der Waals surface area (Å²) in [4.78, 5) is 28.5. The number of hydrogen-bond acceptors (Lipinski definition) is 7. The van der Waals surface area contributed by atoms with Crippen LogP contribution in [0, 0.1) is 0 Å². The zero-order valence-corrected chi connectivity index (χ0v) is 20.9. The molecule has 3 atom stereocenters. The first-order chi connectivity index (χ1) is 18.6. The molecule has 4 heterocycles. The number of anilines is 1. The van der Waals surface area contributed by atoms with Crippen LogP contribution in [0.3, 0.4) is 0 Å². The van der Waals surface area contributed by atoms with E-state index in [9.17, 15) is 22.8 Å². The third-order valence-corrected chi connectivity index (χ3v) is 7.45. The van der Waals surface area contributed by atoms with Crippen LogP contribution in [0.5, 0.6) is 17.2 Å². The third-order valence-electron chi connectivity index (χ3n) is 7.45. The molecule has 202 valence electrons. The highest BCUT2D eigenvalue weighted by Crippen LogP contribution is 2.53. The van der Waals surface area contributed by atoms with Crippen molar-refractivity contribution in [1.82, 2.24) is 9.88 Å². The number of aromatic nitrogens is 1. The zero-order chi connectivity index (χ0) is 27.5. The first-order valence-electron chi connectivity index (χ1n) is 12.5. The maximum Gasteiger partial charge on any atom is 0.416 e. The van der Waals surface area contributed by atoms with Gasteiger partial charge in [0.15, 0.2) is 6.23 Å². The largest absolute Gasteiger partial charge is 0.473 e. The minimum absolute atomic E-state index is 0.000332. The molecule has 1 amide bonds. The van der Waals surface area contributed by atoms with E-state index >= 15 is 0 Å². The van der Waals surface area contributed by atoms with E-state index in [0.717, 1.165) is 34.9 Å². The van der Waals surface area contributed by atoms with Gasteiger partial charge in [-0.1, -0.05) is 0 Å². The number of rotatable bonds is 4. The number of nitrogens with one attached hydrogen (secondary N) is 1. The Morgan fingerprint density at radius 1 is 1.18 bits per heavy atom. The zero-order valence-electron chi connectivity index (χ0n) is 20.9. The molecular weight excluding hydrogens is 513 g/mol. The van der Waals surface area contributed by atoms with Crippen LogP contribution >= 0.6 is 0 Å². The van der Waals surface area contributed by atoms with Gasteiger partial charge in [-0.25, -0.2) is 4.98 Å². The molecule has 3 unspecified atom stereocenters. The molecule has 4 aliphatic rings. The van der Waals surface area contributed by atoms with Crippen molar-refractivity contribution >= 4 is 18.0 Å². The van der Waals surface area contributed by atoms with Gasteiger partial charge in [0, 0.05) is 34.8 Å². The number of likely N-dealkylation sites (N-methyl/N-ethyl adjacent to an activating group) is 1. The summed E-state index contributed by atoms with van der Waals surface area (Å²) in [5.74, 6) is 3.06. The van der Waals surface area contributed by atoms with E-state index in [1.165, 1.54) is 11.6 Å². The molecule has 2 aromatic carbocycles. The lowest BCUT2D eigenvalue weighted by Gasteiger charge is -2.19. The van der Waals surface area contributed by atoms with E-state index in [-0.39, 0.29) is 17.7 Å². The molecule has 7 rings (SSSR count). The standard InChI is InChI=1S/C17H15N3O3.C11H10F3NO/c1-20-15-11-8-9(2-4-12(11)23-17(15)20)22-13-6-7-18-16-10(13)3-5-14(21)19-16;12-11(13,14)9-4-7(6-16)3-8(5-9)10(15)1-2-10/h2,4,6-8,15,17H,3,5H2,1H3,(H,18,19,21);3-6H,1-2,15H2. The fourth-order valence-corrected chi connectivity index (χ4v) is 4.96. The molecular formula is C28H25F3N4O4. The van der Waals surface area contributed by atoms with Crippen molar-refractivity contribution in [1.29, 1.82) is 0 Å². The number of halogens is 3. The monoisotopic (exact) mass is 538 g/mol. The molecule has 1 saturated carbocycles. The normalized spacial score (nSPS) is 23.1. The second-order valence-electron chi connectivity index (χ2n) is 10.2. The van der Waals surface area contributed by atoms with Crippen LogP contribution in [0.4, 0.5) is 19.0 Å². The maximum absolute atomic E-state index is 12.5. The number of alkyl halides is 3. The van der Waals surface area contributed by atoms with E-state index in [1.807, 2.05) is 31.3 Å². The smallest absolute Gasteiger partial charge is 0.416 e. The van der Waals surface area contributed by atoms with E-state index in [2.05, 4.69) is 15.2 Å². The number of pyridine rings is 1. The quantitative estimate of drug-likeness (QED) is 0.358. The van der Waals surface area contributed by atoms with Crippen LogP contribution in [0.2, 0.25) is 0 Å². The lowest BCUT2D eigenvalue weighted by Crippen LogP contribution is -2.20. The average Bonchev–Trinajstić information content (AvgIpc) is 3.76. The molecule has 11 heteroatoms. The second kappa shape index (κ2) is 9.06. The second-order valence-corrected chi connectivity index (χ2v) is 10.2. The Labute approximate surface area is 221 Å². The molecule has 39 heavy (non-hydrogen) atoms. The van der Waals surface area contributed by atoms with Crippen molar-refractivity contribution in [2.24, 2.45) is 5.73 Å². The number of nitrogens with two attached hydrogens (primary N) is 1. The Morgan fingerprint density at radius 2 is 1.97 bits per heavy atom. The summed E-state index contributed by atoms with van der Waals surface area (Å²) in [5.41, 5.74) is 6.87. The minimum Gasteiger partial charge on any atom is -0.473 e. The van der Waals surface area contributed by atoms with Crippen molar-refractivity contribution in [3.63, 3.8) is 0 Å². The van der Waals surface area contributed by atoms with Crippen LogP contribution < -0.4 is 20.5 Å². The molecule has 3 aliphatic heterocycles. The Balaban J connectivity index is 0.000000153. The van der Waals surface area contributed by atoms with Gasteiger partial charge in [-0.2, -0.15) is 13.2 Å². The highest BCUT2D eigenvalue weighted by Gasteiger charge is 2.54. The number of fused-ring (bicyclic) bond motifs is 4. The van der Waals surface area contributed by atoms with Gasteiger partial charge in [0.2, 0.25) is 5.91 Å². The van der Waals surface area contributed by atoms with Gasteiger partial charge in [0.05, 0.1) is 11.6 Å². The number of amides is 1. The molecule has 8 nitrogen and oxygen atoms in total. The molecule has 1 saturated heterocycles. The van der Waals surface area contributed by atoms with Gasteiger partial charge >= 0.3 is 6.18 Å². The van der Waals surface area contributed by atoms with Crippen LogP contribution in [-0.2, 0) is 22.9 Å². The van der Waals surface area contributed by atoms with Crippen molar-refractivity contribution in [3.05, 3.63) is 76.5 Å². The molecule has 0 spiro atoms. The van der Waals surface area contributed by atoms with E-state index in [0.29, 0.717) is 49.4 Å². The molecule has 0 radical (unpaired) electrons. The summed E-state index contributed by atoms with van der Waals surface area (Å²) < 4.78 is 49.5. The Hall–Kier alpha value is -3.96. The number of aldehydes is 1. The van der Waals surface area contributed by atoms with Crippen molar-refractivity contribution in [2.75, 3.05) is 12.4 Å². The highest BCUT2D eigenvalue weighted by molar-refractivity contribution is 5.93. The average molecular weight is 539 g/mol. The summed E-state index contributed by atoms with van der Waals surface area (Å²) >= 11 is 0. The number of carbonyl (C=O) groups excluding carboxylic acids is 2. The van der Waals surface area contributed by atoms with Crippen LogP contribution in [-0.4, -0.2) is 35.4 Å². The first-order valence-corrected chi connectivity index (χ1v) is 12.5. The third kappa shape index (κ3) is 4.83. The topological polar surface area (TPSA) is 107 Å². The van der Waals surface area contributed by atoms with E-state index < -0.39 is 17.3 Å². The van der Waals surface area contributed by atoms with Gasteiger partial charge in [-0.05, 0) is 74.3 Å². The van der Waals surface area contributed by atoms with Gasteiger partial charge in [0.1, 0.15) is 29.4 Å². The SMILES string of the molecule is CN1C2Oc3ccc(Oc4ccnc5c4CCC(=O)N5)cc3C21.NC1(c2cc(C=O)cc(C(F)(F)F)c2)CC1. The number of hydrogen-bond donors (Lipinski definition) is 2. The fourth-order valence-electron chi connectivity index (χ4n) is 4.96. The Kier molecular flexibility index (Phi) is 5.88. The summed E-state index contributed by atoms with van der Waals surface area (Å²) in [6.45, 7) is 0. The lowest BCUT2D eigenvalue weighted by atomic mass is 9.99. The molecule has 0 bridgehead atoms. The van der Waals surface area contributed by atoms with Crippen LogP contribution in [0.15, 0.2) is 48.7 Å². The van der Waals surface area contributed by atoms with E-state index in [1.54, 1.807) is 6.20 Å². The molecule has 1 aliphatic carbocycles. The van der Waals surface area contributed by atoms with Crippen molar-refractivity contribution < 1.29 is 32.2 Å². The van der Waals surface area contributed by atoms with Crippen LogP contribution in [0.25, 0.3) is 0 Å². The van der Waals surface area contributed by atoms with E-state index in [4.69, 9.17) is 15.2 Å². The maximum atomic E-state index is 12.5. The number of carbonyl (C=O) groups is 2. The Bertz CT molecular complexity index is 1460. The molecule has 1 aromatic heterocycles. The predicted octanol–water partition coefficient (Wildman–Crippen LogP) is 4.93. The number of nitrogens with zero attached hydrogens (tertiary/aromatic N) is 2. The van der Waals surface area contributed by atoms with Crippen molar-refractivity contribution in [2.45, 2.75) is 49.7 Å². The van der Waals surface area contributed by atoms with Crippen LogP contribution in [0.1, 0.15) is 57.9 Å². The number of ether oxygens (including phenoxy) is 2. The molecule has 3 aromatic rings. The van der Waals surface area contributed by atoms with Gasteiger partial charge in [-0.15, -0.1) is 0 Å². The number of benzene rings is 2. The predicted molar refractivity (Wildman–Crippen MR) is 135 cm³/mol. The van der Waals surface area contributed by atoms with Gasteiger partial charge in [-0.3, -0.25) is 14.5 Å². The first kappa shape index (κ1) is 25.3. The highest BCUT2D eigenvalue weighted by atomic mass is 19.4. The van der Waals surface area contributed by atoms with Gasteiger partial charge in [0.25, 0.3) is 0 Å². The summed E-state index contributed by atoms with van der Waals surface area (Å²) in [6.07, 6.45) is 0.223. The van der Waals surface area contributed by atoms with Gasteiger partial charge < -0.3 is 20.5 Å². The summed E-state index contributed by atoms with van der Waals surface area (Å²) in [5, 5.41) is 2.79. The lowest BCUT2D eigenvalue weighted by molar-refractivity contribution is -0.137.